The average Bonchev–Trinajstić information content (AvgIpc) is 3.46. The van der Waals surface area contributed by atoms with Crippen LogP contribution in [0.3, 0.4) is 0 Å². The zero-order valence-electron chi connectivity index (χ0n) is 17.2. The molecule has 1 amide bonds. The number of furan rings is 1. The smallest absolute Gasteiger partial charge is 0.291 e. The molecule has 0 spiro atoms. The number of ether oxygens (including phenoxy) is 1. The third-order valence-electron chi connectivity index (χ3n) is 5.27. The van der Waals surface area contributed by atoms with Crippen LogP contribution >= 0.6 is 23.1 Å². The van der Waals surface area contributed by atoms with Gasteiger partial charge < -0.3 is 14.5 Å². The first kappa shape index (κ1) is 21.2. The minimum absolute atomic E-state index is 0.0632. The summed E-state index contributed by atoms with van der Waals surface area (Å²) in [6.45, 7) is 5.30. The Kier molecular flexibility index (Phi) is 6.94. The maximum atomic E-state index is 12.7. The average molecular weight is 443 g/mol. The lowest BCUT2D eigenvalue weighted by Crippen LogP contribution is -2.39. The molecule has 1 aliphatic heterocycles. The van der Waals surface area contributed by atoms with Gasteiger partial charge in [-0.15, -0.1) is 23.1 Å². The molecule has 0 radical (unpaired) electrons. The van der Waals surface area contributed by atoms with Crippen LogP contribution in [0.25, 0.3) is 0 Å². The normalized spacial score (nSPS) is 15.8. The van der Waals surface area contributed by atoms with E-state index in [-0.39, 0.29) is 11.9 Å². The predicted octanol–water partition coefficient (Wildman–Crippen LogP) is 5.30. The number of benzene rings is 1. The van der Waals surface area contributed by atoms with Crippen molar-refractivity contribution in [1.29, 1.82) is 0 Å². The topological polar surface area (TPSA) is 54.7 Å². The van der Waals surface area contributed by atoms with E-state index in [0.717, 1.165) is 43.3 Å². The van der Waals surface area contributed by atoms with Crippen LogP contribution in [0, 0.1) is 0 Å². The fourth-order valence-corrected chi connectivity index (χ4v) is 5.15. The summed E-state index contributed by atoms with van der Waals surface area (Å²) in [5, 5.41) is 3.99. The standard InChI is InChI=1S/C23H26N2O3S2/c1-3-17-15-19(23(30-17)24-22(26)20-5-4-12-28-20)21(25-10-13-27-14-11-25)16-6-8-18(29-2)9-7-16/h4-9,12,15,21H,3,10-11,13-14H2,1-2H3,(H,24,26)/t21-/m1/s1. The van der Waals surface area contributed by atoms with Crippen LogP contribution in [0.2, 0.25) is 0 Å². The van der Waals surface area contributed by atoms with Crippen LogP contribution in [0.5, 0.6) is 0 Å². The Morgan fingerprint density at radius 2 is 2.00 bits per heavy atom. The van der Waals surface area contributed by atoms with E-state index in [1.54, 1.807) is 35.2 Å². The molecule has 0 aliphatic carbocycles. The summed E-state index contributed by atoms with van der Waals surface area (Å²) in [5.74, 6) is 0.101. The molecule has 30 heavy (non-hydrogen) atoms. The van der Waals surface area contributed by atoms with Crippen molar-refractivity contribution < 1.29 is 13.9 Å². The van der Waals surface area contributed by atoms with E-state index >= 15 is 0 Å². The zero-order valence-corrected chi connectivity index (χ0v) is 18.9. The number of thiophene rings is 1. The van der Waals surface area contributed by atoms with Crippen LogP contribution in [-0.2, 0) is 11.2 Å². The molecule has 5 nitrogen and oxygen atoms in total. The second-order valence-corrected chi connectivity index (χ2v) is 9.12. The highest BCUT2D eigenvalue weighted by Crippen LogP contribution is 2.40. The van der Waals surface area contributed by atoms with Gasteiger partial charge in [-0.3, -0.25) is 9.69 Å². The van der Waals surface area contributed by atoms with Gasteiger partial charge in [0.1, 0.15) is 5.00 Å². The minimum atomic E-state index is -0.218. The number of carbonyl (C=O) groups excluding carboxylic acids is 1. The number of anilines is 1. The molecule has 1 aromatic carbocycles. The van der Waals surface area contributed by atoms with E-state index in [4.69, 9.17) is 9.15 Å². The third kappa shape index (κ3) is 4.64. The van der Waals surface area contributed by atoms with E-state index in [0.29, 0.717) is 5.76 Å². The lowest BCUT2D eigenvalue weighted by molar-refractivity contribution is 0.0241. The van der Waals surface area contributed by atoms with Crippen molar-refractivity contribution >= 4 is 34.0 Å². The molecule has 2 aromatic heterocycles. The Morgan fingerprint density at radius 3 is 2.63 bits per heavy atom. The number of aryl methyl sites for hydroxylation is 1. The fraction of sp³-hybridized carbons (Fsp3) is 0.348. The van der Waals surface area contributed by atoms with Crippen LogP contribution in [0.15, 0.2) is 58.0 Å². The van der Waals surface area contributed by atoms with E-state index in [1.807, 2.05) is 0 Å². The number of hydrogen-bond acceptors (Lipinski definition) is 6. The maximum Gasteiger partial charge on any atom is 0.291 e. The van der Waals surface area contributed by atoms with Crippen molar-refractivity contribution in [2.75, 3.05) is 37.9 Å². The van der Waals surface area contributed by atoms with Gasteiger partial charge in [0.25, 0.3) is 5.91 Å². The first-order valence-electron chi connectivity index (χ1n) is 10.1. The van der Waals surface area contributed by atoms with Gasteiger partial charge in [0.2, 0.25) is 0 Å². The summed E-state index contributed by atoms with van der Waals surface area (Å²) >= 11 is 3.38. The van der Waals surface area contributed by atoms with E-state index in [2.05, 4.69) is 53.7 Å². The number of amides is 1. The Balaban J connectivity index is 1.73. The molecule has 4 rings (SSSR count). The van der Waals surface area contributed by atoms with Gasteiger partial charge in [-0.1, -0.05) is 19.1 Å². The number of nitrogens with zero attached hydrogens (tertiary/aromatic N) is 1. The van der Waals surface area contributed by atoms with Crippen LogP contribution in [0.4, 0.5) is 5.00 Å². The molecule has 1 atom stereocenters. The van der Waals surface area contributed by atoms with Crippen molar-refractivity contribution in [3.63, 3.8) is 0 Å². The number of carbonyl (C=O) groups is 1. The van der Waals surface area contributed by atoms with Crippen molar-refractivity contribution in [1.82, 2.24) is 4.90 Å². The van der Waals surface area contributed by atoms with Gasteiger partial charge in [-0.05, 0) is 48.6 Å². The zero-order chi connectivity index (χ0) is 20.9. The van der Waals surface area contributed by atoms with Crippen LogP contribution in [-0.4, -0.2) is 43.4 Å². The van der Waals surface area contributed by atoms with E-state index in [9.17, 15) is 4.79 Å². The molecule has 158 valence electrons. The number of nitrogens with one attached hydrogen (secondary N) is 1. The summed E-state index contributed by atoms with van der Waals surface area (Å²) in [7, 11) is 0. The lowest BCUT2D eigenvalue weighted by Gasteiger charge is -2.35. The molecule has 0 unspecified atom stereocenters. The van der Waals surface area contributed by atoms with Gasteiger partial charge >= 0.3 is 0 Å². The molecule has 3 aromatic rings. The molecule has 0 bridgehead atoms. The van der Waals surface area contributed by atoms with Crippen LogP contribution in [0.1, 0.15) is 39.5 Å². The summed E-state index contributed by atoms with van der Waals surface area (Å²) in [5.41, 5.74) is 2.36. The summed E-state index contributed by atoms with van der Waals surface area (Å²) in [6.07, 6.45) is 4.53. The Bertz CT molecular complexity index is 961. The molecule has 0 saturated carbocycles. The van der Waals surface area contributed by atoms with E-state index in [1.165, 1.54) is 21.6 Å². The highest BCUT2D eigenvalue weighted by Gasteiger charge is 2.29. The predicted molar refractivity (Wildman–Crippen MR) is 123 cm³/mol. The second-order valence-electron chi connectivity index (χ2n) is 7.11. The molecular formula is C23H26N2O3S2. The summed E-state index contributed by atoms with van der Waals surface area (Å²) in [6, 6.07) is 14.5. The third-order valence-corrected chi connectivity index (χ3v) is 7.22. The number of morpholine rings is 1. The second kappa shape index (κ2) is 9.83. The molecule has 3 heterocycles. The van der Waals surface area contributed by atoms with Gasteiger partial charge in [0, 0.05) is 28.4 Å². The molecule has 1 fully saturated rings. The first-order valence-corrected chi connectivity index (χ1v) is 12.2. The molecule has 7 heteroatoms. The first-order chi connectivity index (χ1) is 14.7. The SMILES string of the molecule is CCc1cc([C@@H](c2ccc(SC)cc2)N2CCOCC2)c(NC(=O)c2ccco2)s1. The quantitative estimate of drug-likeness (QED) is 0.503. The lowest BCUT2D eigenvalue weighted by atomic mass is 9.97. The highest BCUT2D eigenvalue weighted by atomic mass is 32.2. The van der Waals surface area contributed by atoms with Gasteiger partial charge in [-0.2, -0.15) is 0 Å². The molecule has 1 saturated heterocycles. The minimum Gasteiger partial charge on any atom is -0.459 e. The van der Waals surface area contributed by atoms with Gasteiger partial charge in [0.15, 0.2) is 5.76 Å². The van der Waals surface area contributed by atoms with Crippen molar-refractivity contribution in [3.8, 4) is 0 Å². The molecule has 1 N–H and O–H groups in total. The van der Waals surface area contributed by atoms with Crippen molar-refractivity contribution in [2.45, 2.75) is 24.3 Å². The molecular weight excluding hydrogens is 416 g/mol. The highest BCUT2D eigenvalue weighted by molar-refractivity contribution is 7.98. The maximum absolute atomic E-state index is 12.7. The Hall–Kier alpha value is -2.06. The fourth-order valence-electron chi connectivity index (χ4n) is 3.71. The molecule has 1 aliphatic rings. The van der Waals surface area contributed by atoms with Gasteiger partial charge in [-0.25, -0.2) is 0 Å². The van der Waals surface area contributed by atoms with Crippen LogP contribution < -0.4 is 5.32 Å². The van der Waals surface area contributed by atoms with Crippen molar-refractivity contribution in [2.24, 2.45) is 0 Å². The van der Waals surface area contributed by atoms with Crippen molar-refractivity contribution in [3.05, 3.63) is 70.5 Å². The number of hydrogen-bond donors (Lipinski definition) is 1. The number of rotatable bonds is 7. The number of thioether (sulfide) groups is 1. The summed E-state index contributed by atoms with van der Waals surface area (Å²) in [4.78, 5) is 17.6. The van der Waals surface area contributed by atoms with E-state index < -0.39 is 0 Å². The monoisotopic (exact) mass is 442 g/mol. The Morgan fingerprint density at radius 1 is 1.23 bits per heavy atom. The largest absolute Gasteiger partial charge is 0.459 e. The van der Waals surface area contributed by atoms with Gasteiger partial charge in [0.05, 0.1) is 25.5 Å². The summed E-state index contributed by atoms with van der Waals surface area (Å²) < 4.78 is 10.9. The Labute approximate surface area is 185 Å².